The average Bonchev–Trinajstić information content (AvgIpc) is 3.42. The number of ether oxygens (including phenoxy) is 1. The van der Waals surface area contributed by atoms with Crippen molar-refractivity contribution in [3.8, 4) is 0 Å². The van der Waals surface area contributed by atoms with Crippen molar-refractivity contribution >= 4 is 6.03 Å². The Balaban J connectivity index is 1.35. The molecule has 144 valence electrons. The highest BCUT2D eigenvalue weighted by Crippen LogP contribution is 2.30. The molecule has 1 aromatic heterocycles. The van der Waals surface area contributed by atoms with Crippen LogP contribution in [-0.2, 0) is 17.9 Å². The summed E-state index contributed by atoms with van der Waals surface area (Å²) in [5.74, 6) is 1.77. The molecule has 0 radical (unpaired) electrons. The Bertz CT molecular complexity index is 745. The monoisotopic (exact) mass is 370 g/mol. The standard InChI is InChI=1S/C20H26N4O3/c25-20(21-12-15-6-2-1-3-7-15)24-11-5-4-8-17(24)19-22-18(27-23-19)14-26-13-16-9-10-16/h1-3,6-7,16-17H,4-5,8-14H2,(H,21,25). The van der Waals surface area contributed by atoms with Crippen molar-refractivity contribution in [1.82, 2.24) is 20.4 Å². The van der Waals surface area contributed by atoms with Crippen molar-refractivity contribution in [3.05, 3.63) is 47.6 Å². The molecule has 1 saturated heterocycles. The normalized spacial score (nSPS) is 19.9. The molecule has 0 spiro atoms. The first kappa shape index (κ1) is 18.0. The molecule has 7 nitrogen and oxygen atoms in total. The summed E-state index contributed by atoms with van der Waals surface area (Å²) in [4.78, 5) is 19.0. The number of likely N-dealkylation sites (tertiary alicyclic amines) is 1. The number of hydrogen-bond acceptors (Lipinski definition) is 5. The molecule has 7 heteroatoms. The van der Waals surface area contributed by atoms with Gasteiger partial charge in [0.25, 0.3) is 5.89 Å². The first-order valence-corrected chi connectivity index (χ1v) is 9.78. The first-order valence-electron chi connectivity index (χ1n) is 9.78. The van der Waals surface area contributed by atoms with Crippen molar-refractivity contribution in [1.29, 1.82) is 0 Å². The summed E-state index contributed by atoms with van der Waals surface area (Å²) in [7, 11) is 0. The van der Waals surface area contributed by atoms with Crippen LogP contribution in [0.25, 0.3) is 0 Å². The van der Waals surface area contributed by atoms with Gasteiger partial charge in [0.05, 0.1) is 12.6 Å². The quantitative estimate of drug-likeness (QED) is 0.808. The van der Waals surface area contributed by atoms with Gasteiger partial charge in [0.1, 0.15) is 6.61 Å². The van der Waals surface area contributed by atoms with Crippen LogP contribution in [0.1, 0.15) is 55.4 Å². The first-order chi connectivity index (χ1) is 13.3. The Morgan fingerprint density at radius 2 is 2.07 bits per heavy atom. The molecule has 2 aliphatic rings. The van der Waals surface area contributed by atoms with Gasteiger partial charge in [0.15, 0.2) is 5.82 Å². The van der Waals surface area contributed by atoms with Crippen LogP contribution in [0.15, 0.2) is 34.9 Å². The molecule has 2 amide bonds. The second kappa shape index (κ2) is 8.52. The summed E-state index contributed by atoms with van der Waals surface area (Å²) in [6, 6.07) is 9.68. The highest BCUT2D eigenvalue weighted by molar-refractivity contribution is 5.74. The minimum Gasteiger partial charge on any atom is -0.371 e. The number of nitrogens with one attached hydrogen (secondary N) is 1. The fourth-order valence-corrected chi connectivity index (χ4v) is 3.38. The average molecular weight is 370 g/mol. The Morgan fingerprint density at radius 3 is 2.89 bits per heavy atom. The van der Waals surface area contributed by atoms with Crippen LogP contribution < -0.4 is 5.32 Å². The van der Waals surface area contributed by atoms with E-state index >= 15 is 0 Å². The minimum absolute atomic E-state index is 0.0834. The smallest absolute Gasteiger partial charge is 0.318 e. The molecule has 1 atom stereocenters. The van der Waals surface area contributed by atoms with Crippen LogP contribution >= 0.6 is 0 Å². The molecule has 1 unspecified atom stereocenters. The number of amides is 2. The van der Waals surface area contributed by atoms with Gasteiger partial charge in [0.2, 0.25) is 0 Å². The van der Waals surface area contributed by atoms with Crippen LogP contribution in [0.2, 0.25) is 0 Å². The number of carbonyl (C=O) groups excluding carboxylic acids is 1. The van der Waals surface area contributed by atoms with E-state index in [1.165, 1.54) is 12.8 Å². The van der Waals surface area contributed by atoms with E-state index in [1.807, 2.05) is 35.2 Å². The maximum Gasteiger partial charge on any atom is 0.318 e. The van der Waals surface area contributed by atoms with Crippen molar-refractivity contribution < 1.29 is 14.1 Å². The van der Waals surface area contributed by atoms with Gasteiger partial charge in [-0.1, -0.05) is 35.5 Å². The number of aromatic nitrogens is 2. The van der Waals surface area contributed by atoms with E-state index in [-0.39, 0.29) is 12.1 Å². The molecule has 27 heavy (non-hydrogen) atoms. The fraction of sp³-hybridized carbons (Fsp3) is 0.550. The fourth-order valence-electron chi connectivity index (χ4n) is 3.38. The van der Waals surface area contributed by atoms with E-state index in [0.29, 0.717) is 37.3 Å². The lowest BCUT2D eigenvalue weighted by Crippen LogP contribution is -2.44. The zero-order chi connectivity index (χ0) is 18.5. The molecule has 2 aromatic rings. The van der Waals surface area contributed by atoms with Crippen LogP contribution in [-0.4, -0.2) is 34.2 Å². The number of piperidine rings is 1. The lowest BCUT2D eigenvalue weighted by molar-refractivity contribution is 0.0893. The number of urea groups is 1. The Hall–Kier alpha value is -2.41. The maximum absolute atomic E-state index is 12.7. The SMILES string of the molecule is O=C(NCc1ccccc1)N1CCCCC1c1noc(COCC2CC2)n1. The molecule has 0 bridgehead atoms. The highest BCUT2D eigenvalue weighted by atomic mass is 16.5. The van der Waals surface area contributed by atoms with Crippen molar-refractivity contribution in [2.24, 2.45) is 5.92 Å². The van der Waals surface area contributed by atoms with E-state index in [0.717, 1.165) is 31.4 Å². The summed E-state index contributed by atoms with van der Waals surface area (Å²) in [5.41, 5.74) is 1.08. The summed E-state index contributed by atoms with van der Waals surface area (Å²) in [5, 5.41) is 7.12. The Labute approximate surface area is 159 Å². The van der Waals surface area contributed by atoms with Crippen molar-refractivity contribution in [2.45, 2.75) is 51.3 Å². The third kappa shape index (κ3) is 4.86. The minimum atomic E-state index is -0.143. The van der Waals surface area contributed by atoms with Gasteiger partial charge in [-0.3, -0.25) is 0 Å². The molecule has 1 saturated carbocycles. The molecule has 2 fully saturated rings. The van der Waals surface area contributed by atoms with Gasteiger partial charge in [-0.25, -0.2) is 4.79 Å². The third-order valence-electron chi connectivity index (χ3n) is 5.11. The van der Waals surface area contributed by atoms with Gasteiger partial charge in [-0.2, -0.15) is 4.98 Å². The van der Waals surface area contributed by atoms with Crippen molar-refractivity contribution in [2.75, 3.05) is 13.2 Å². The van der Waals surface area contributed by atoms with Crippen LogP contribution in [0.3, 0.4) is 0 Å². The van der Waals surface area contributed by atoms with Crippen LogP contribution in [0.4, 0.5) is 4.79 Å². The van der Waals surface area contributed by atoms with Gasteiger partial charge >= 0.3 is 6.03 Å². The molecule has 1 aliphatic carbocycles. The number of rotatable bonds is 7. The third-order valence-corrected chi connectivity index (χ3v) is 5.11. The zero-order valence-corrected chi connectivity index (χ0v) is 15.5. The molecule has 1 N–H and O–H groups in total. The largest absolute Gasteiger partial charge is 0.371 e. The topological polar surface area (TPSA) is 80.5 Å². The number of nitrogens with zero attached hydrogens (tertiary/aromatic N) is 3. The van der Waals surface area contributed by atoms with Gasteiger partial charge in [0, 0.05) is 13.1 Å². The van der Waals surface area contributed by atoms with Gasteiger partial charge < -0.3 is 19.5 Å². The summed E-state index contributed by atoms with van der Waals surface area (Å²) < 4.78 is 10.9. The van der Waals surface area contributed by atoms with E-state index in [1.54, 1.807) is 0 Å². The summed E-state index contributed by atoms with van der Waals surface area (Å²) >= 11 is 0. The lowest BCUT2D eigenvalue weighted by atomic mass is 10.0. The van der Waals surface area contributed by atoms with Crippen LogP contribution in [0.5, 0.6) is 0 Å². The van der Waals surface area contributed by atoms with Gasteiger partial charge in [-0.15, -0.1) is 0 Å². The molecular weight excluding hydrogens is 344 g/mol. The molecular formula is C20H26N4O3. The second-order valence-electron chi connectivity index (χ2n) is 7.35. The molecule has 4 rings (SSSR count). The summed E-state index contributed by atoms with van der Waals surface area (Å²) in [6.45, 7) is 2.31. The van der Waals surface area contributed by atoms with Gasteiger partial charge in [-0.05, 0) is 43.6 Å². The highest BCUT2D eigenvalue weighted by Gasteiger charge is 2.31. The predicted molar refractivity (Wildman–Crippen MR) is 98.7 cm³/mol. The number of hydrogen-bond donors (Lipinski definition) is 1. The number of benzene rings is 1. The molecule has 1 aromatic carbocycles. The van der Waals surface area contributed by atoms with Crippen molar-refractivity contribution in [3.63, 3.8) is 0 Å². The Kier molecular flexibility index (Phi) is 5.67. The number of carbonyl (C=O) groups is 1. The Morgan fingerprint density at radius 1 is 1.22 bits per heavy atom. The second-order valence-corrected chi connectivity index (χ2v) is 7.35. The van der Waals surface area contributed by atoms with E-state index in [4.69, 9.17) is 9.26 Å². The molecule has 1 aliphatic heterocycles. The lowest BCUT2D eigenvalue weighted by Gasteiger charge is -2.33. The maximum atomic E-state index is 12.7. The van der Waals surface area contributed by atoms with E-state index in [2.05, 4.69) is 15.5 Å². The summed E-state index contributed by atoms with van der Waals surface area (Å²) in [6.07, 6.45) is 5.40. The van der Waals surface area contributed by atoms with E-state index < -0.39 is 0 Å². The van der Waals surface area contributed by atoms with E-state index in [9.17, 15) is 4.79 Å². The zero-order valence-electron chi connectivity index (χ0n) is 15.5. The predicted octanol–water partition coefficient (Wildman–Crippen LogP) is 3.43. The van der Waals surface area contributed by atoms with Crippen LogP contribution in [0, 0.1) is 5.92 Å². The molecule has 2 heterocycles.